The van der Waals surface area contributed by atoms with Crippen LogP contribution >= 0.6 is 0 Å². The molecule has 0 atom stereocenters. The van der Waals surface area contributed by atoms with Crippen LogP contribution in [-0.4, -0.2) is 32.0 Å². The van der Waals surface area contributed by atoms with Crippen molar-refractivity contribution in [3.8, 4) is 5.88 Å². The second kappa shape index (κ2) is 6.40. The first-order valence-electron chi connectivity index (χ1n) is 6.30. The van der Waals surface area contributed by atoms with Crippen LogP contribution in [0, 0.1) is 0 Å². The fraction of sp³-hybridized carbons (Fsp3) is 0.231. The van der Waals surface area contributed by atoms with Crippen molar-refractivity contribution in [3.63, 3.8) is 0 Å². The minimum atomic E-state index is -3.68. The average Bonchev–Trinajstić information content (AvgIpc) is 2.49. The van der Waals surface area contributed by atoms with Gasteiger partial charge in [0.05, 0.1) is 18.5 Å². The Kier molecular flexibility index (Phi) is 4.59. The summed E-state index contributed by atoms with van der Waals surface area (Å²) in [5.74, 6) is 1.04. The van der Waals surface area contributed by atoms with Gasteiger partial charge in [-0.1, -0.05) is 0 Å². The van der Waals surface area contributed by atoms with Crippen molar-refractivity contribution in [2.75, 3.05) is 23.7 Å². The minimum absolute atomic E-state index is 0.0791. The number of sulfonamides is 1. The Labute approximate surface area is 123 Å². The van der Waals surface area contributed by atoms with Gasteiger partial charge in [-0.25, -0.2) is 18.4 Å². The Hall–Kier alpha value is -2.35. The van der Waals surface area contributed by atoms with Crippen molar-refractivity contribution in [1.82, 2.24) is 9.97 Å². The lowest BCUT2D eigenvalue weighted by Crippen LogP contribution is -2.13. The third kappa shape index (κ3) is 3.82. The predicted molar refractivity (Wildman–Crippen MR) is 80.0 cm³/mol. The molecule has 112 valence electrons. The topological polar surface area (TPSA) is 93.2 Å². The molecule has 0 spiro atoms. The molecule has 8 heteroatoms. The SMILES string of the molecule is CCOc1ccc(NS(=O)(=O)c2ccc(NC)nc2)cn1. The molecule has 2 N–H and O–H groups in total. The Morgan fingerprint density at radius 2 is 1.95 bits per heavy atom. The maximum Gasteiger partial charge on any atom is 0.263 e. The predicted octanol–water partition coefficient (Wildman–Crippen LogP) is 1.72. The van der Waals surface area contributed by atoms with Crippen LogP contribution in [0.2, 0.25) is 0 Å². The normalized spacial score (nSPS) is 11.0. The first kappa shape index (κ1) is 15.0. The second-order valence-corrected chi connectivity index (χ2v) is 5.74. The van der Waals surface area contributed by atoms with E-state index in [1.807, 2.05) is 6.92 Å². The van der Waals surface area contributed by atoms with Crippen LogP contribution in [-0.2, 0) is 10.0 Å². The van der Waals surface area contributed by atoms with Crippen LogP contribution in [0.4, 0.5) is 11.5 Å². The first-order valence-corrected chi connectivity index (χ1v) is 7.79. The quantitative estimate of drug-likeness (QED) is 0.844. The van der Waals surface area contributed by atoms with Gasteiger partial charge in [0.15, 0.2) is 0 Å². The molecule has 0 aliphatic carbocycles. The summed E-state index contributed by atoms with van der Waals surface area (Å²) in [6.45, 7) is 2.35. The van der Waals surface area contributed by atoms with Gasteiger partial charge in [0.1, 0.15) is 10.7 Å². The molecule has 0 fully saturated rings. The summed E-state index contributed by atoms with van der Waals surface area (Å²) in [5, 5.41) is 2.82. The standard InChI is InChI=1S/C13H16N4O3S/c1-3-20-13-7-4-10(8-16-13)17-21(18,19)11-5-6-12(14-2)15-9-11/h4-9,17H,3H2,1-2H3,(H,14,15). The Balaban J connectivity index is 2.16. The maximum absolute atomic E-state index is 12.2. The monoisotopic (exact) mass is 308 g/mol. The molecule has 0 aliphatic heterocycles. The van der Waals surface area contributed by atoms with Gasteiger partial charge in [-0.05, 0) is 25.1 Å². The molecule has 0 amide bonds. The van der Waals surface area contributed by atoms with Gasteiger partial charge in [0.2, 0.25) is 5.88 Å². The zero-order chi connectivity index (χ0) is 15.3. The zero-order valence-electron chi connectivity index (χ0n) is 11.7. The highest BCUT2D eigenvalue weighted by atomic mass is 32.2. The Bertz CT molecular complexity index is 684. The highest BCUT2D eigenvalue weighted by Crippen LogP contribution is 2.17. The number of rotatable bonds is 6. The average molecular weight is 308 g/mol. The van der Waals surface area contributed by atoms with E-state index in [1.165, 1.54) is 18.5 Å². The van der Waals surface area contributed by atoms with Crippen LogP contribution in [0.15, 0.2) is 41.6 Å². The van der Waals surface area contributed by atoms with Crippen LogP contribution < -0.4 is 14.8 Å². The lowest BCUT2D eigenvalue weighted by Gasteiger charge is -2.08. The van der Waals surface area contributed by atoms with E-state index >= 15 is 0 Å². The summed E-state index contributed by atoms with van der Waals surface area (Å²) < 4.78 is 32.0. The molecule has 0 saturated carbocycles. The summed E-state index contributed by atoms with van der Waals surface area (Å²) in [6.07, 6.45) is 2.69. The van der Waals surface area contributed by atoms with E-state index < -0.39 is 10.0 Å². The van der Waals surface area contributed by atoms with Gasteiger partial charge in [-0.15, -0.1) is 0 Å². The molecule has 0 radical (unpaired) electrons. The molecule has 21 heavy (non-hydrogen) atoms. The molecule has 2 aromatic heterocycles. The van der Waals surface area contributed by atoms with Gasteiger partial charge in [-0.3, -0.25) is 4.72 Å². The number of nitrogens with zero attached hydrogens (tertiary/aromatic N) is 2. The Morgan fingerprint density at radius 3 is 2.48 bits per heavy atom. The van der Waals surface area contributed by atoms with Gasteiger partial charge in [0.25, 0.3) is 10.0 Å². The molecule has 7 nitrogen and oxygen atoms in total. The number of pyridine rings is 2. The molecule has 0 unspecified atom stereocenters. The van der Waals surface area contributed by atoms with Crippen LogP contribution in [0.5, 0.6) is 5.88 Å². The van der Waals surface area contributed by atoms with E-state index in [4.69, 9.17) is 4.74 Å². The summed E-state index contributed by atoms with van der Waals surface area (Å²) in [4.78, 5) is 8.06. The van der Waals surface area contributed by atoms with Crippen LogP contribution in [0.25, 0.3) is 0 Å². The lowest BCUT2D eigenvalue weighted by atomic mass is 10.4. The number of hydrogen-bond donors (Lipinski definition) is 2. The lowest BCUT2D eigenvalue weighted by molar-refractivity contribution is 0.327. The number of ether oxygens (including phenoxy) is 1. The molecule has 2 rings (SSSR count). The van der Waals surface area contributed by atoms with Crippen molar-refractivity contribution in [2.24, 2.45) is 0 Å². The van der Waals surface area contributed by atoms with Gasteiger partial charge in [-0.2, -0.15) is 0 Å². The van der Waals surface area contributed by atoms with Crippen LogP contribution in [0.3, 0.4) is 0 Å². The fourth-order valence-corrected chi connectivity index (χ4v) is 2.56. The summed E-state index contributed by atoms with van der Waals surface area (Å²) >= 11 is 0. The van der Waals surface area contributed by atoms with E-state index in [9.17, 15) is 8.42 Å². The van der Waals surface area contributed by atoms with E-state index in [1.54, 1.807) is 25.2 Å². The summed E-state index contributed by atoms with van der Waals surface area (Å²) in [6, 6.07) is 6.25. The molecule has 2 aromatic rings. The van der Waals surface area contributed by atoms with E-state index in [-0.39, 0.29) is 4.90 Å². The number of nitrogens with one attached hydrogen (secondary N) is 2. The third-order valence-electron chi connectivity index (χ3n) is 2.58. The fourth-order valence-electron chi connectivity index (χ4n) is 1.58. The minimum Gasteiger partial charge on any atom is -0.478 e. The number of anilines is 2. The molecular weight excluding hydrogens is 292 g/mol. The van der Waals surface area contributed by atoms with E-state index in [2.05, 4.69) is 20.0 Å². The molecule has 0 aromatic carbocycles. The summed E-state index contributed by atoms with van der Waals surface area (Å²) in [7, 11) is -1.98. The van der Waals surface area contributed by atoms with Crippen molar-refractivity contribution < 1.29 is 13.2 Å². The molecular formula is C13H16N4O3S. The largest absolute Gasteiger partial charge is 0.478 e. The van der Waals surface area contributed by atoms with Crippen molar-refractivity contribution in [3.05, 3.63) is 36.7 Å². The molecule has 0 aliphatic rings. The van der Waals surface area contributed by atoms with Gasteiger partial charge >= 0.3 is 0 Å². The second-order valence-electron chi connectivity index (χ2n) is 4.05. The number of hydrogen-bond acceptors (Lipinski definition) is 6. The van der Waals surface area contributed by atoms with E-state index in [0.29, 0.717) is 24.0 Å². The summed E-state index contributed by atoms with van der Waals surface area (Å²) in [5.41, 5.74) is 0.358. The highest BCUT2D eigenvalue weighted by Gasteiger charge is 2.14. The van der Waals surface area contributed by atoms with Crippen LogP contribution in [0.1, 0.15) is 6.92 Å². The van der Waals surface area contributed by atoms with E-state index in [0.717, 1.165) is 0 Å². The Morgan fingerprint density at radius 1 is 1.14 bits per heavy atom. The molecule has 2 heterocycles. The van der Waals surface area contributed by atoms with Crippen molar-refractivity contribution in [1.29, 1.82) is 0 Å². The maximum atomic E-state index is 12.2. The number of aromatic nitrogens is 2. The smallest absolute Gasteiger partial charge is 0.263 e. The molecule has 0 saturated heterocycles. The van der Waals surface area contributed by atoms with Gasteiger partial charge in [0, 0.05) is 19.3 Å². The van der Waals surface area contributed by atoms with Gasteiger partial charge < -0.3 is 10.1 Å². The highest BCUT2D eigenvalue weighted by molar-refractivity contribution is 7.92. The van der Waals surface area contributed by atoms with Crippen molar-refractivity contribution >= 4 is 21.5 Å². The third-order valence-corrected chi connectivity index (χ3v) is 3.95. The molecule has 0 bridgehead atoms. The first-order chi connectivity index (χ1) is 10.0. The zero-order valence-corrected chi connectivity index (χ0v) is 12.5. The van der Waals surface area contributed by atoms with Crippen molar-refractivity contribution in [2.45, 2.75) is 11.8 Å².